The van der Waals surface area contributed by atoms with Gasteiger partial charge in [0.2, 0.25) is 0 Å². The first-order valence-corrected chi connectivity index (χ1v) is 6.85. The van der Waals surface area contributed by atoms with Crippen molar-refractivity contribution >= 4 is 0 Å². The van der Waals surface area contributed by atoms with Crippen LogP contribution in [0.4, 0.5) is 4.39 Å². The molecule has 0 radical (unpaired) electrons. The van der Waals surface area contributed by atoms with Gasteiger partial charge in [-0.15, -0.1) is 0 Å². The lowest BCUT2D eigenvalue weighted by atomic mass is 10.1. The maximum absolute atomic E-state index is 13.9. The molecule has 2 rings (SSSR count). The van der Waals surface area contributed by atoms with Crippen LogP contribution in [0, 0.1) is 12.7 Å². The molecule has 0 fully saturated rings. The van der Waals surface area contributed by atoms with Gasteiger partial charge in [0, 0.05) is 6.04 Å². The first-order valence-electron chi connectivity index (χ1n) is 6.85. The Morgan fingerprint density at radius 3 is 2.48 bits per heavy atom. The molecule has 0 aromatic heterocycles. The third-order valence-corrected chi connectivity index (χ3v) is 3.42. The minimum absolute atomic E-state index is 0.0176. The van der Waals surface area contributed by atoms with Crippen molar-refractivity contribution in [3.63, 3.8) is 0 Å². The molecule has 0 heterocycles. The van der Waals surface area contributed by atoms with Gasteiger partial charge in [0.15, 0.2) is 11.6 Å². The topological polar surface area (TPSA) is 30.5 Å². The number of aryl methyl sites for hydroxylation is 1. The standard InChI is InChI=1S/C17H20FNO2/c1-11-8-9-13(18)16(10-11)21-15-7-5-6-14(20-4)17(15)12(2)19-3/h5-10,12,19H,1-4H3. The molecule has 0 bridgehead atoms. The highest BCUT2D eigenvalue weighted by molar-refractivity contribution is 5.49. The van der Waals surface area contributed by atoms with E-state index in [1.54, 1.807) is 19.2 Å². The van der Waals surface area contributed by atoms with Crippen LogP contribution >= 0.6 is 0 Å². The van der Waals surface area contributed by atoms with E-state index in [1.165, 1.54) is 6.07 Å². The molecular formula is C17H20FNO2. The molecule has 2 aromatic rings. The highest BCUT2D eigenvalue weighted by Gasteiger charge is 2.17. The van der Waals surface area contributed by atoms with Crippen LogP contribution < -0.4 is 14.8 Å². The summed E-state index contributed by atoms with van der Waals surface area (Å²) >= 11 is 0. The van der Waals surface area contributed by atoms with Crippen LogP contribution in [0.2, 0.25) is 0 Å². The fourth-order valence-electron chi connectivity index (χ4n) is 2.17. The zero-order valence-electron chi connectivity index (χ0n) is 12.7. The maximum atomic E-state index is 13.9. The molecule has 0 saturated heterocycles. The Kier molecular flexibility index (Phi) is 4.81. The minimum atomic E-state index is -0.383. The first-order chi connectivity index (χ1) is 10.1. The molecule has 0 spiro atoms. The number of hydrogen-bond donors (Lipinski definition) is 1. The van der Waals surface area contributed by atoms with Crippen molar-refractivity contribution in [2.24, 2.45) is 0 Å². The van der Waals surface area contributed by atoms with Crippen molar-refractivity contribution in [2.75, 3.05) is 14.2 Å². The molecule has 0 aliphatic rings. The SMILES string of the molecule is CNC(C)c1c(OC)cccc1Oc1cc(C)ccc1F. The van der Waals surface area contributed by atoms with E-state index in [9.17, 15) is 4.39 Å². The summed E-state index contributed by atoms with van der Waals surface area (Å²) in [6.45, 7) is 3.90. The molecule has 4 heteroatoms. The van der Waals surface area contributed by atoms with Gasteiger partial charge in [-0.05, 0) is 50.7 Å². The summed E-state index contributed by atoms with van der Waals surface area (Å²) < 4.78 is 25.1. The Labute approximate surface area is 124 Å². The third kappa shape index (κ3) is 3.34. The lowest BCUT2D eigenvalue weighted by Crippen LogP contribution is -2.14. The Morgan fingerprint density at radius 2 is 1.81 bits per heavy atom. The fraction of sp³-hybridized carbons (Fsp3) is 0.294. The van der Waals surface area contributed by atoms with Crippen LogP contribution in [0.1, 0.15) is 24.1 Å². The molecule has 1 atom stereocenters. The van der Waals surface area contributed by atoms with Crippen LogP contribution in [0.5, 0.6) is 17.2 Å². The highest BCUT2D eigenvalue weighted by Crippen LogP contribution is 2.37. The van der Waals surface area contributed by atoms with Gasteiger partial charge >= 0.3 is 0 Å². The molecule has 1 unspecified atom stereocenters. The summed E-state index contributed by atoms with van der Waals surface area (Å²) in [4.78, 5) is 0. The van der Waals surface area contributed by atoms with E-state index < -0.39 is 0 Å². The predicted molar refractivity (Wildman–Crippen MR) is 81.7 cm³/mol. The molecule has 112 valence electrons. The van der Waals surface area contributed by atoms with Crippen LogP contribution in [-0.2, 0) is 0 Å². The van der Waals surface area contributed by atoms with E-state index in [0.29, 0.717) is 11.5 Å². The second-order valence-corrected chi connectivity index (χ2v) is 4.92. The van der Waals surface area contributed by atoms with E-state index in [4.69, 9.17) is 9.47 Å². The summed E-state index contributed by atoms with van der Waals surface area (Å²) in [6.07, 6.45) is 0. The third-order valence-electron chi connectivity index (χ3n) is 3.42. The molecule has 0 amide bonds. The van der Waals surface area contributed by atoms with Crippen molar-refractivity contribution in [1.82, 2.24) is 5.32 Å². The normalized spacial score (nSPS) is 12.0. The van der Waals surface area contributed by atoms with Gasteiger partial charge in [-0.3, -0.25) is 0 Å². The molecule has 21 heavy (non-hydrogen) atoms. The Bertz CT molecular complexity index is 628. The molecule has 0 aliphatic heterocycles. The number of ether oxygens (including phenoxy) is 2. The van der Waals surface area contributed by atoms with Crippen LogP contribution in [0.15, 0.2) is 36.4 Å². The van der Waals surface area contributed by atoms with Gasteiger partial charge in [-0.2, -0.15) is 0 Å². The van der Waals surface area contributed by atoms with Gasteiger partial charge in [0.05, 0.1) is 12.7 Å². The van der Waals surface area contributed by atoms with Gasteiger partial charge in [-0.1, -0.05) is 12.1 Å². The van der Waals surface area contributed by atoms with Gasteiger partial charge < -0.3 is 14.8 Å². The Hall–Kier alpha value is -2.07. The summed E-state index contributed by atoms with van der Waals surface area (Å²) in [6, 6.07) is 10.3. The molecule has 0 saturated carbocycles. The zero-order chi connectivity index (χ0) is 15.4. The second kappa shape index (κ2) is 6.59. The van der Waals surface area contributed by atoms with E-state index in [2.05, 4.69) is 5.32 Å². The van der Waals surface area contributed by atoms with E-state index in [0.717, 1.165) is 11.1 Å². The lowest BCUT2D eigenvalue weighted by Gasteiger charge is -2.19. The largest absolute Gasteiger partial charge is 0.496 e. The summed E-state index contributed by atoms with van der Waals surface area (Å²) in [5, 5.41) is 3.15. The molecular weight excluding hydrogens is 269 g/mol. The molecule has 0 aliphatic carbocycles. The predicted octanol–water partition coefficient (Wildman–Crippen LogP) is 4.22. The van der Waals surface area contributed by atoms with Crippen molar-refractivity contribution in [2.45, 2.75) is 19.9 Å². The average Bonchev–Trinajstić information content (AvgIpc) is 2.49. The van der Waals surface area contributed by atoms with Gasteiger partial charge in [0.25, 0.3) is 0 Å². The summed E-state index contributed by atoms with van der Waals surface area (Å²) in [5.74, 6) is 1.13. The number of halogens is 1. The zero-order valence-corrected chi connectivity index (χ0v) is 12.7. The summed E-state index contributed by atoms with van der Waals surface area (Å²) in [7, 11) is 3.46. The first kappa shape index (κ1) is 15.3. The Morgan fingerprint density at radius 1 is 1.10 bits per heavy atom. The van der Waals surface area contributed by atoms with Gasteiger partial charge in [0.1, 0.15) is 11.5 Å². The minimum Gasteiger partial charge on any atom is -0.496 e. The van der Waals surface area contributed by atoms with E-state index in [1.807, 2.05) is 39.1 Å². The van der Waals surface area contributed by atoms with Gasteiger partial charge in [-0.25, -0.2) is 4.39 Å². The Balaban J connectivity index is 2.46. The number of nitrogens with one attached hydrogen (secondary N) is 1. The molecule has 3 nitrogen and oxygen atoms in total. The monoisotopic (exact) mass is 289 g/mol. The van der Waals surface area contributed by atoms with Crippen molar-refractivity contribution in [1.29, 1.82) is 0 Å². The maximum Gasteiger partial charge on any atom is 0.165 e. The van der Waals surface area contributed by atoms with E-state index >= 15 is 0 Å². The van der Waals surface area contributed by atoms with Crippen LogP contribution in [0.25, 0.3) is 0 Å². The molecule has 1 N–H and O–H groups in total. The average molecular weight is 289 g/mol. The lowest BCUT2D eigenvalue weighted by molar-refractivity contribution is 0.388. The van der Waals surface area contributed by atoms with Crippen molar-refractivity contribution in [3.05, 3.63) is 53.3 Å². The molecule has 2 aromatic carbocycles. The number of benzene rings is 2. The van der Waals surface area contributed by atoms with Crippen molar-refractivity contribution < 1.29 is 13.9 Å². The van der Waals surface area contributed by atoms with Crippen LogP contribution in [0.3, 0.4) is 0 Å². The fourth-order valence-corrected chi connectivity index (χ4v) is 2.17. The quantitative estimate of drug-likeness (QED) is 0.894. The highest BCUT2D eigenvalue weighted by atomic mass is 19.1. The smallest absolute Gasteiger partial charge is 0.165 e. The summed E-state index contributed by atoms with van der Waals surface area (Å²) in [5.41, 5.74) is 1.81. The number of methoxy groups -OCH3 is 1. The van der Waals surface area contributed by atoms with E-state index in [-0.39, 0.29) is 17.6 Å². The van der Waals surface area contributed by atoms with Crippen molar-refractivity contribution in [3.8, 4) is 17.2 Å². The number of hydrogen-bond acceptors (Lipinski definition) is 3. The second-order valence-electron chi connectivity index (χ2n) is 4.92. The van der Waals surface area contributed by atoms with Crippen LogP contribution in [-0.4, -0.2) is 14.2 Å². The number of rotatable bonds is 5.